The quantitative estimate of drug-likeness (QED) is 0.589. The molecule has 1 amide bonds. The zero-order chi connectivity index (χ0) is 19.8. The second kappa shape index (κ2) is 9.55. The molecule has 0 saturated carbocycles. The van der Waals surface area contributed by atoms with Crippen molar-refractivity contribution in [3.63, 3.8) is 0 Å². The first-order valence-corrected chi connectivity index (χ1v) is 9.16. The number of para-hydroxylation sites is 1. The molecule has 0 bridgehead atoms. The van der Waals surface area contributed by atoms with E-state index in [1.165, 1.54) is 0 Å². The van der Waals surface area contributed by atoms with Gasteiger partial charge in [-0.15, -0.1) is 0 Å². The Bertz CT molecular complexity index is 912. The molecular formula is C23H24N2O3. The molecule has 0 aliphatic rings. The second-order valence-electron chi connectivity index (χ2n) is 6.35. The maximum Gasteiger partial charge on any atom is 0.227 e. The molecule has 1 aromatic heterocycles. The third-order valence-corrected chi connectivity index (χ3v) is 4.53. The van der Waals surface area contributed by atoms with Crippen molar-refractivity contribution >= 4 is 11.6 Å². The topological polar surface area (TPSA) is 51.7 Å². The van der Waals surface area contributed by atoms with Crippen molar-refractivity contribution in [2.75, 3.05) is 19.1 Å². The molecule has 0 spiro atoms. The van der Waals surface area contributed by atoms with Crippen LogP contribution in [0.3, 0.4) is 0 Å². The minimum atomic E-state index is 0.0306. The van der Waals surface area contributed by atoms with Crippen molar-refractivity contribution < 1.29 is 14.3 Å². The number of hydrogen-bond acceptors (Lipinski definition) is 4. The summed E-state index contributed by atoms with van der Waals surface area (Å²) in [5.74, 6) is 1.55. The molecule has 5 heteroatoms. The van der Waals surface area contributed by atoms with Crippen LogP contribution in [0.4, 0.5) is 5.69 Å². The lowest BCUT2D eigenvalue weighted by Gasteiger charge is -2.23. The minimum Gasteiger partial charge on any atom is -0.497 e. The van der Waals surface area contributed by atoms with Crippen molar-refractivity contribution in [3.05, 3.63) is 84.2 Å². The standard InChI is InChI=1S/C23H24N2O3/c1-27-21-10-5-9-20(15-21)25(17-18-7-6-14-24-16-18)23(26)13-12-19-8-3-4-11-22(19)28-2/h3-11,14-16H,12-13,17H2,1-2H3. The summed E-state index contributed by atoms with van der Waals surface area (Å²) in [6, 6.07) is 19.2. The molecule has 0 radical (unpaired) electrons. The molecule has 5 nitrogen and oxygen atoms in total. The fourth-order valence-corrected chi connectivity index (χ4v) is 3.06. The lowest BCUT2D eigenvalue weighted by molar-refractivity contribution is -0.118. The largest absolute Gasteiger partial charge is 0.497 e. The highest BCUT2D eigenvalue weighted by Gasteiger charge is 2.18. The van der Waals surface area contributed by atoms with Crippen LogP contribution in [0.1, 0.15) is 17.5 Å². The Morgan fingerprint density at radius 3 is 2.61 bits per heavy atom. The minimum absolute atomic E-state index is 0.0306. The van der Waals surface area contributed by atoms with Crippen LogP contribution < -0.4 is 14.4 Å². The Balaban J connectivity index is 1.81. The van der Waals surface area contributed by atoms with E-state index in [9.17, 15) is 4.79 Å². The van der Waals surface area contributed by atoms with Gasteiger partial charge in [0.15, 0.2) is 0 Å². The van der Waals surface area contributed by atoms with Crippen LogP contribution >= 0.6 is 0 Å². The molecule has 144 valence electrons. The van der Waals surface area contributed by atoms with Crippen LogP contribution in [0.5, 0.6) is 11.5 Å². The molecule has 0 aliphatic heterocycles. The normalized spacial score (nSPS) is 10.4. The van der Waals surface area contributed by atoms with E-state index in [2.05, 4.69) is 4.98 Å². The molecule has 0 unspecified atom stereocenters. The average Bonchev–Trinajstić information content (AvgIpc) is 2.76. The van der Waals surface area contributed by atoms with Crippen LogP contribution in [0.25, 0.3) is 0 Å². The van der Waals surface area contributed by atoms with E-state index < -0.39 is 0 Å². The summed E-state index contributed by atoms with van der Waals surface area (Å²) in [6.07, 6.45) is 4.48. The second-order valence-corrected chi connectivity index (χ2v) is 6.35. The van der Waals surface area contributed by atoms with Crippen LogP contribution in [-0.2, 0) is 17.8 Å². The Morgan fingerprint density at radius 2 is 1.86 bits per heavy atom. The van der Waals surface area contributed by atoms with Crippen LogP contribution in [0.2, 0.25) is 0 Å². The highest BCUT2D eigenvalue weighted by atomic mass is 16.5. The number of benzene rings is 2. The Hall–Kier alpha value is -3.34. The summed E-state index contributed by atoms with van der Waals surface area (Å²) in [5, 5.41) is 0. The van der Waals surface area contributed by atoms with E-state index in [4.69, 9.17) is 9.47 Å². The zero-order valence-corrected chi connectivity index (χ0v) is 16.2. The molecule has 2 aromatic carbocycles. The van der Waals surface area contributed by atoms with Gasteiger partial charge in [0.1, 0.15) is 11.5 Å². The molecule has 0 saturated heterocycles. The number of nitrogens with zero attached hydrogens (tertiary/aromatic N) is 2. The number of amides is 1. The van der Waals surface area contributed by atoms with Gasteiger partial charge in [-0.25, -0.2) is 0 Å². The third kappa shape index (κ3) is 4.88. The summed E-state index contributed by atoms with van der Waals surface area (Å²) in [5.41, 5.74) is 2.79. The first-order chi connectivity index (χ1) is 13.7. The fourth-order valence-electron chi connectivity index (χ4n) is 3.06. The Morgan fingerprint density at radius 1 is 1.00 bits per heavy atom. The van der Waals surface area contributed by atoms with Crippen molar-refractivity contribution in [2.24, 2.45) is 0 Å². The van der Waals surface area contributed by atoms with Gasteiger partial charge in [-0.05, 0) is 41.8 Å². The first-order valence-electron chi connectivity index (χ1n) is 9.16. The van der Waals surface area contributed by atoms with Crippen LogP contribution in [-0.4, -0.2) is 25.1 Å². The molecule has 28 heavy (non-hydrogen) atoms. The van der Waals surface area contributed by atoms with Gasteiger partial charge >= 0.3 is 0 Å². The number of methoxy groups -OCH3 is 2. The predicted molar refractivity (Wildman–Crippen MR) is 110 cm³/mol. The number of pyridine rings is 1. The number of aryl methyl sites for hydroxylation is 1. The predicted octanol–water partition coefficient (Wildman–Crippen LogP) is 4.26. The Kier molecular flexibility index (Phi) is 6.63. The molecule has 0 N–H and O–H groups in total. The SMILES string of the molecule is COc1cccc(N(Cc2cccnc2)C(=O)CCc2ccccc2OC)c1. The number of carbonyl (C=O) groups excluding carboxylic acids is 1. The summed E-state index contributed by atoms with van der Waals surface area (Å²) in [4.78, 5) is 19.1. The van der Waals surface area contributed by atoms with Gasteiger partial charge in [0, 0.05) is 30.6 Å². The van der Waals surface area contributed by atoms with E-state index in [0.29, 0.717) is 25.1 Å². The van der Waals surface area contributed by atoms with Gasteiger partial charge < -0.3 is 14.4 Å². The molecule has 0 atom stereocenters. The van der Waals surface area contributed by atoms with Gasteiger partial charge in [0.2, 0.25) is 5.91 Å². The maximum atomic E-state index is 13.1. The molecule has 1 heterocycles. The van der Waals surface area contributed by atoms with Gasteiger partial charge in [-0.1, -0.05) is 30.3 Å². The Labute approximate surface area is 165 Å². The average molecular weight is 376 g/mol. The maximum absolute atomic E-state index is 13.1. The van der Waals surface area contributed by atoms with Gasteiger partial charge in [-0.2, -0.15) is 0 Å². The van der Waals surface area contributed by atoms with Crippen molar-refractivity contribution in [1.82, 2.24) is 4.98 Å². The highest BCUT2D eigenvalue weighted by molar-refractivity contribution is 5.93. The molecule has 3 aromatic rings. The zero-order valence-electron chi connectivity index (χ0n) is 16.2. The number of anilines is 1. The third-order valence-electron chi connectivity index (χ3n) is 4.53. The fraction of sp³-hybridized carbons (Fsp3) is 0.217. The van der Waals surface area contributed by atoms with E-state index >= 15 is 0 Å². The van der Waals surface area contributed by atoms with E-state index in [0.717, 1.165) is 22.6 Å². The number of rotatable bonds is 8. The van der Waals surface area contributed by atoms with E-state index in [-0.39, 0.29) is 5.91 Å². The highest BCUT2D eigenvalue weighted by Crippen LogP contribution is 2.25. The summed E-state index contributed by atoms with van der Waals surface area (Å²) in [7, 11) is 3.26. The summed E-state index contributed by atoms with van der Waals surface area (Å²) >= 11 is 0. The van der Waals surface area contributed by atoms with E-state index in [1.807, 2.05) is 60.7 Å². The van der Waals surface area contributed by atoms with Crippen LogP contribution in [0, 0.1) is 0 Å². The van der Waals surface area contributed by atoms with Gasteiger partial charge in [-0.3, -0.25) is 9.78 Å². The number of carbonyl (C=O) groups is 1. The van der Waals surface area contributed by atoms with Crippen LogP contribution in [0.15, 0.2) is 73.1 Å². The number of ether oxygens (including phenoxy) is 2. The molecule has 0 aliphatic carbocycles. The van der Waals surface area contributed by atoms with Crippen molar-refractivity contribution in [1.29, 1.82) is 0 Å². The molecular weight excluding hydrogens is 352 g/mol. The van der Waals surface area contributed by atoms with Crippen molar-refractivity contribution in [3.8, 4) is 11.5 Å². The van der Waals surface area contributed by atoms with Gasteiger partial charge in [0.05, 0.1) is 20.8 Å². The lowest BCUT2D eigenvalue weighted by Crippen LogP contribution is -2.30. The smallest absolute Gasteiger partial charge is 0.227 e. The number of aromatic nitrogens is 1. The monoisotopic (exact) mass is 376 g/mol. The lowest BCUT2D eigenvalue weighted by atomic mass is 10.1. The summed E-state index contributed by atoms with van der Waals surface area (Å²) in [6.45, 7) is 0.450. The molecule has 3 rings (SSSR count). The number of hydrogen-bond donors (Lipinski definition) is 0. The van der Waals surface area contributed by atoms with E-state index in [1.54, 1.807) is 31.5 Å². The first kappa shape index (κ1) is 19.4. The molecule has 0 fully saturated rings. The summed E-state index contributed by atoms with van der Waals surface area (Å²) < 4.78 is 10.7. The van der Waals surface area contributed by atoms with Crippen molar-refractivity contribution in [2.45, 2.75) is 19.4 Å². The van der Waals surface area contributed by atoms with Gasteiger partial charge in [0.25, 0.3) is 0 Å².